The number of hydrogen-bond acceptors (Lipinski definition) is 3. The van der Waals surface area contributed by atoms with Gasteiger partial charge in [-0.3, -0.25) is 4.89 Å². The van der Waals surface area contributed by atoms with E-state index in [2.05, 4.69) is 4.74 Å². The molecule has 0 saturated heterocycles. The lowest BCUT2D eigenvalue weighted by molar-refractivity contribution is -0.178. The van der Waals surface area contributed by atoms with Gasteiger partial charge in [0.2, 0.25) is 0 Å². The van der Waals surface area contributed by atoms with Crippen molar-refractivity contribution in [3.8, 4) is 0 Å². The standard InChI is InChI=1S/C5H9F3O2.F2HO2P/c1-4(9)2-10-3-5(6,7)8;1-5(2,3)4/h4,9H,2-3H2,1H3;(H,3,4). The number of ether oxygens (including phenoxy) is 1. The molecular formula is C5H10F5O4P. The molecule has 0 radical (unpaired) electrons. The molecule has 1 unspecified atom stereocenters. The smallest absolute Gasteiger partial charge is 0.391 e. The van der Waals surface area contributed by atoms with Gasteiger partial charge in [-0.2, -0.15) is 13.2 Å². The van der Waals surface area contributed by atoms with Crippen LogP contribution in [0.3, 0.4) is 0 Å². The van der Waals surface area contributed by atoms with Gasteiger partial charge in [-0.05, 0) is 6.92 Å². The van der Waals surface area contributed by atoms with E-state index in [1.54, 1.807) is 0 Å². The zero-order valence-electron chi connectivity index (χ0n) is 7.54. The molecule has 0 aliphatic heterocycles. The van der Waals surface area contributed by atoms with Crippen LogP contribution in [0.1, 0.15) is 6.92 Å². The van der Waals surface area contributed by atoms with E-state index < -0.39 is 26.9 Å². The number of alkyl halides is 3. The molecule has 0 saturated carbocycles. The zero-order valence-corrected chi connectivity index (χ0v) is 8.43. The fraction of sp³-hybridized carbons (Fsp3) is 1.00. The van der Waals surface area contributed by atoms with Crippen molar-refractivity contribution in [2.75, 3.05) is 13.2 Å². The number of halogens is 5. The molecule has 4 nitrogen and oxygen atoms in total. The van der Waals surface area contributed by atoms with Crippen molar-refractivity contribution in [1.29, 1.82) is 0 Å². The topological polar surface area (TPSA) is 66.8 Å². The summed E-state index contributed by atoms with van der Waals surface area (Å²) >= 11 is 0. The molecule has 10 heteroatoms. The van der Waals surface area contributed by atoms with Gasteiger partial charge in [-0.1, -0.05) is 0 Å². The van der Waals surface area contributed by atoms with Crippen LogP contribution in [0.4, 0.5) is 21.6 Å². The molecule has 0 aliphatic rings. The van der Waals surface area contributed by atoms with Crippen LogP contribution < -0.4 is 0 Å². The second-order valence-electron chi connectivity index (χ2n) is 2.41. The average molecular weight is 260 g/mol. The zero-order chi connectivity index (χ0) is 12.7. The Morgan fingerprint density at radius 3 is 1.93 bits per heavy atom. The fourth-order valence-corrected chi connectivity index (χ4v) is 0.345. The van der Waals surface area contributed by atoms with Crippen LogP contribution in [0.2, 0.25) is 0 Å². The monoisotopic (exact) mass is 260 g/mol. The molecule has 0 spiro atoms. The lowest BCUT2D eigenvalue weighted by atomic mass is 10.4. The number of hydrogen-bond donors (Lipinski definition) is 2. The Morgan fingerprint density at radius 2 is 1.73 bits per heavy atom. The molecule has 0 bridgehead atoms. The largest absolute Gasteiger partial charge is 0.549 e. The minimum absolute atomic E-state index is 0.278. The van der Waals surface area contributed by atoms with Gasteiger partial charge in [-0.15, -0.1) is 8.39 Å². The normalized spacial score (nSPS) is 14.1. The molecule has 0 heterocycles. The third kappa shape index (κ3) is 41.6. The Kier molecular flexibility index (Phi) is 8.13. The summed E-state index contributed by atoms with van der Waals surface area (Å²) < 4.78 is 66.7. The maximum Gasteiger partial charge on any atom is 0.549 e. The minimum Gasteiger partial charge on any atom is -0.391 e. The van der Waals surface area contributed by atoms with Crippen molar-refractivity contribution in [2.24, 2.45) is 0 Å². The van der Waals surface area contributed by atoms with Crippen molar-refractivity contribution >= 4 is 7.99 Å². The van der Waals surface area contributed by atoms with E-state index in [0.29, 0.717) is 0 Å². The molecule has 0 rings (SSSR count). The lowest BCUT2D eigenvalue weighted by Crippen LogP contribution is -2.21. The molecule has 1 atom stereocenters. The van der Waals surface area contributed by atoms with Crippen molar-refractivity contribution in [3.05, 3.63) is 0 Å². The van der Waals surface area contributed by atoms with Gasteiger partial charge in [0, 0.05) is 0 Å². The summed E-state index contributed by atoms with van der Waals surface area (Å²) in [5.74, 6) is 0. The quantitative estimate of drug-likeness (QED) is 0.601. The summed E-state index contributed by atoms with van der Waals surface area (Å²) in [6, 6.07) is 0. The minimum atomic E-state index is -5.64. The second-order valence-corrected chi connectivity index (χ2v) is 3.28. The van der Waals surface area contributed by atoms with E-state index in [-0.39, 0.29) is 6.61 Å². The Hall–Kier alpha value is -0.240. The first kappa shape index (κ1) is 17.2. The molecule has 15 heavy (non-hydrogen) atoms. The highest BCUT2D eigenvalue weighted by atomic mass is 31.2. The third-order valence-electron chi connectivity index (χ3n) is 0.625. The van der Waals surface area contributed by atoms with Crippen LogP contribution in [-0.4, -0.2) is 35.5 Å². The summed E-state index contributed by atoms with van der Waals surface area (Å²) in [5, 5.41) is 8.46. The van der Waals surface area contributed by atoms with Crippen molar-refractivity contribution in [1.82, 2.24) is 0 Å². The number of rotatable bonds is 3. The maximum absolute atomic E-state index is 11.3. The molecule has 2 N–H and O–H groups in total. The van der Waals surface area contributed by atoms with E-state index in [1.807, 2.05) is 0 Å². The van der Waals surface area contributed by atoms with Gasteiger partial charge in [-0.25, -0.2) is 4.57 Å². The van der Waals surface area contributed by atoms with Crippen LogP contribution >= 0.6 is 7.99 Å². The van der Waals surface area contributed by atoms with Crippen LogP contribution in [0, 0.1) is 0 Å². The van der Waals surface area contributed by atoms with Crippen LogP contribution in [-0.2, 0) is 9.30 Å². The van der Waals surface area contributed by atoms with Gasteiger partial charge in [0.05, 0.1) is 12.7 Å². The van der Waals surface area contributed by atoms with Gasteiger partial charge >= 0.3 is 14.2 Å². The molecule has 0 aromatic carbocycles. The van der Waals surface area contributed by atoms with Crippen molar-refractivity contribution < 1.29 is 40.9 Å². The van der Waals surface area contributed by atoms with E-state index in [4.69, 9.17) is 14.6 Å². The van der Waals surface area contributed by atoms with Crippen LogP contribution in [0.15, 0.2) is 0 Å². The van der Waals surface area contributed by atoms with Gasteiger partial charge < -0.3 is 9.84 Å². The van der Waals surface area contributed by atoms with Crippen molar-refractivity contribution in [2.45, 2.75) is 19.2 Å². The maximum atomic E-state index is 11.3. The Balaban J connectivity index is 0. The summed E-state index contributed by atoms with van der Waals surface area (Å²) in [4.78, 5) is 6.74. The second kappa shape index (κ2) is 7.10. The van der Waals surface area contributed by atoms with E-state index in [0.717, 1.165) is 0 Å². The van der Waals surface area contributed by atoms with Gasteiger partial charge in [0.25, 0.3) is 0 Å². The first-order valence-electron chi connectivity index (χ1n) is 3.46. The van der Waals surface area contributed by atoms with E-state index in [9.17, 15) is 21.6 Å². The molecular weight excluding hydrogens is 250 g/mol. The molecule has 0 fully saturated rings. The molecule has 0 aromatic rings. The first-order chi connectivity index (χ1) is 6.42. The fourth-order valence-electron chi connectivity index (χ4n) is 0.345. The highest BCUT2D eigenvalue weighted by molar-refractivity contribution is 7.46. The highest BCUT2D eigenvalue weighted by Crippen LogP contribution is 2.43. The van der Waals surface area contributed by atoms with Crippen LogP contribution in [0.5, 0.6) is 0 Å². The molecule has 0 aliphatic carbocycles. The summed E-state index contributed by atoms with van der Waals surface area (Å²) in [5.41, 5.74) is 0. The van der Waals surface area contributed by atoms with Crippen LogP contribution in [0.25, 0.3) is 0 Å². The first-order valence-corrected chi connectivity index (χ1v) is 4.90. The summed E-state index contributed by atoms with van der Waals surface area (Å²) in [6.07, 6.45) is -5.14. The lowest BCUT2D eigenvalue weighted by Gasteiger charge is -2.08. The predicted octanol–water partition coefficient (Wildman–Crippen LogP) is 1.97. The highest BCUT2D eigenvalue weighted by Gasteiger charge is 2.27. The van der Waals surface area contributed by atoms with E-state index in [1.165, 1.54) is 6.92 Å². The molecule has 0 aromatic heterocycles. The Morgan fingerprint density at radius 1 is 1.40 bits per heavy atom. The average Bonchev–Trinajstić information content (AvgIpc) is 1.77. The van der Waals surface area contributed by atoms with Crippen molar-refractivity contribution in [3.63, 3.8) is 0 Å². The SMILES string of the molecule is CC(O)COCC(F)(F)F.O=P(O)(F)F. The summed E-state index contributed by atoms with van der Waals surface area (Å²) in [7, 11) is -5.64. The Bertz CT molecular complexity index is 192. The van der Waals surface area contributed by atoms with Gasteiger partial charge in [0.15, 0.2) is 0 Å². The van der Waals surface area contributed by atoms with Gasteiger partial charge in [0.1, 0.15) is 6.61 Å². The predicted molar refractivity (Wildman–Crippen MR) is 40.6 cm³/mol. The molecule has 0 amide bonds. The summed E-state index contributed by atoms with van der Waals surface area (Å²) in [6.45, 7) is -0.214. The molecule has 94 valence electrons. The number of aliphatic hydroxyl groups is 1. The number of aliphatic hydroxyl groups excluding tert-OH is 1. The van der Waals surface area contributed by atoms with E-state index >= 15 is 0 Å². The Labute approximate surface area is 82.4 Å². The third-order valence-corrected chi connectivity index (χ3v) is 0.625.